The van der Waals surface area contributed by atoms with Gasteiger partial charge in [0.2, 0.25) is 0 Å². The molecule has 1 unspecified atom stereocenters. The first-order valence-corrected chi connectivity index (χ1v) is 14.8. The molecule has 1 atom stereocenters. The molecule has 1 amide bonds. The summed E-state index contributed by atoms with van der Waals surface area (Å²) >= 11 is 12.4. The van der Waals surface area contributed by atoms with Gasteiger partial charge in [0.05, 0.1) is 5.02 Å². The number of halogens is 3. The Morgan fingerprint density at radius 1 is 1.05 bits per heavy atom. The highest BCUT2D eigenvalue weighted by Crippen LogP contribution is 2.37. The van der Waals surface area contributed by atoms with Gasteiger partial charge in [-0.15, -0.1) is 0 Å². The Labute approximate surface area is 251 Å². The number of pyridine rings is 1. The van der Waals surface area contributed by atoms with Crippen molar-refractivity contribution in [1.29, 1.82) is 0 Å². The normalized spacial score (nSPS) is 17.9. The van der Waals surface area contributed by atoms with Crippen LogP contribution in [0.5, 0.6) is 5.75 Å². The van der Waals surface area contributed by atoms with Gasteiger partial charge < -0.3 is 20.3 Å². The number of anilines is 1. The summed E-state index contributed by atoms with van der Waals surface area (Å²) in [4.78, 5) is 24.4. The molecule has 0 spiro atoms. The van der Waals surface area contributed by atoms with E-state index in [0.29, 0.717) is 21.9 Å². The minimum Gasteiger partial charge on any atom is -0.482 e. The fourth-order valence-electron chi connectivity index (χ4n) is 5.60. The van der Waals surface area contributed by atoms with E-state index in [-0.39, 0.29) is 16.7 Å². The van der Waals surface area contributed by atoms with Crippen LogP contribution in [0.4, 0.5) is 10.2 Å². The van der Waals surface area contributed by atoms with Gasteiger partial charge in [-0.1, -0.05) is 35.3 Å². The molecule has 2 N–H and O–H groups in total. The third-order valence-corrected chi connectivity index (χ3v) is 8.86. The summed E-state index contributed by atoms with van der Waals surface area (Å²) in [5.74, 6) is 0.740. The van der Waals surface area contributed by atoms with Crippen LogP contribution < -0.4 is 10.5 Å². The molecule has 0 bridgehead atoms. The average molecular weight is 601 g/mol. The second-order valence-electron chi connectivity index (χ2n) is 11.0. The highest BCUT2D eigenvalue weighted by atomic mass is 35.5. The maximum absolute atomic E-state index is 14.0. The predicted octanol–water partition coefficient (Wildman–Crippen LogP) is 6.02. The molecule has 3 heterocycles. The van der Waals surface area contributed by atoms with E-state index in [1.54, 1.807) is 19.2 Å². The number of carbonyl (C=O) groups is 1. The lowest BCUT2D eigenvalue weighted by molar-refractivity contribution is 0.0594. The van der Waals surface area contributed by atoms with Crippen molar-refractivity contribution in [2.45, 2.75) is 25.9 Å². The molecule has 2 saturated heterocycles. The van der Waals surface area contributed by atoms with Crippen molar-refractivity contribution >= 4 is 34.9 Å². The van der Waals surface area contributed by atoms with E-state index < -0.39 is 11.9 Å². The van der Waals surface area contributed by atoms with E-state index >= 15 is 0 Å². The van der Waals surface area contributed by atoms with Crippen LogP contribution in [0.1, 0.15) is 41.8 Å². The first kappa shape index (κ1) is 29.6. The zero-order valence-corrected chi connectivity index (χ0v) is 25.0. The fraction of sp³-hybridized carbons (Fsp3) is 0.419. The molecule has 1 aromatic heterocycles. The Hall–Kier alpha value is -2.91. The number of likely N-dealkylation sites (tertiary alicyclic amines) is 1. The number of nitrogens with two attached hydrogens (primary N) is 1. The van der Waals surface area contributed by atoms with Crippen molar-refractivity contribution in [3.63, 3.8) is 0 Å². The molecule has 0 aliphatic carbocycles. The average Bonchev–Trinajstić information content (AvgIpc) is 2.98. The Kier molecular flexibility index (Phi) is 9.34. The van der Waals surface area contributed by atoms with Crippen molar-refractivity contribution < 1.29 is 13.9 Å². The van der Waals surface area contributed by atoms with Gasteiger partial charge in [-0.3, -0.25) is 9.69 Å². The van der Waals surface area contributed by atoms with Gasteiger partial charge in [0.25, 0.3) is 5.91 Å². The van der Waals surface area contributed by atoms with E-state index in [0.717, 1.165) is 49.8 Å². The fourth-order valence-corrected chi connectivity index (χ4v) is 6.28. The van der Waals surface area contributed by atoms with E-state index in [1.807, 2.05) is 29.2 Å². The minimum absolute atomic E-state index is 0.0487. The van der Waals surface area contributed by atoms with Crippen molar-refractivity contribution in [1.82, 2.24) is 19.7 Å². The lowest BCUT2D eigenvalue weighted by atomic mass is 9.96. The van der Waals surface area contributed by atoms with Crippen LogP contribution in [0, 0.1) is 11.7 Å². The minimum atomic E-state index is -0.671. The maximum atomic E-state index is 14.0. The number of piperidine rings is 1. The molecule has 2 aliphatic rings. The Balaban J connectivity index is 1.21. The zero-order valence-electron chi connectivity index (χ0n) is 23.5. The van der Waals surface area contributed by atoms with Crippen molar-refractivity contribution in [2.24, 2.45) is 5.92 Å². The van der Waals surface area contributed by atoms with E-state index in [9.17, 15) is 9.18 Å². The van der Waals surface area contributed by atoms with E-state index in [4.69, 9.17) is 33.7 Å². The molecule has 2 aromatic carbocycles. The second-order valence-corrected chi connectivity index (χ2v) is 11.8. The SMILES string of the molecule is CC(Oc1cc(-c2ccc(C(=O)N3CCN(CC4CCN(C)CC4)CC3)cc2)cnc1N)c1c(Cl)ccc(F)c1Cl. The van der Waals surface area contributed by atoms with Gasteiger partial charge >= 0.3 is 0 Å². The van der Waals surface area contributed by atoms with Crippen LogP contribution in [-0.2, 0) is 0 Å². The van der Waals surface area contributed by atoms with E-state index in [2.05, 4.69) is 21.8 Å². The molecular weight excluding hydrogens is 564 g/mol. The van der Waals surface area contributed by atoms with E-state index in [1.165, 1.54) is 38.1 Å². The van der Waals surface area contributed by atoms with Gasteiger partial charge in [-0.25, -0.2) is 9.37 Å². The zero-order chi connectivity index (χ0) is 29.1. The summed E-state index contributed by atoms with van der Waals surface area (Å²) in [7, 11) is 2.19. The van der Waals surface area contributed by atoms with Crippen molar-refractivity contribution in [3.8, 4) is 16.9 Å². The van der Waals surface area contributed by atoms with Crippen LogP contribution in [-0.4, -0.2) is 78.5 Å². The topological polar surface area (TPSA) is 74.9 Å². The van der Waals surface area contributed by atoms with Crippen LogP contribution in [0.25, 0.3) is 11.1 Å². The molecule has 0 radical (unpaired) electrons. The number of aromatic nitrogens is 1. The first-order valence-electron chi connectivity index (χ1n) is 14.1. The lowest BCUT2D eigenvalue weighted by Gasteiger charge is -2.38. The van der Waals surface area contributed by atoms with Crippen LogP contribution in [0.15, 0.2) is 48.7 Å². The molecule has 10 heteroatoms. The van der Waals surface area contributed by atoms with Gasteiger partial charge in [0, 0.05) is 60.6 Å². The number of piperazine rings is 1. The third kappa shape index (κ3) is 6.95. The maximum Gasteiger partial charge on any atom is 0.253 e. The van der Waals surface area contributed by atoms with Crippen LogP contribution in [0.2, 0.25) is 10.0 Å². The summed E-state index contributed by atoms with van der Waals surface area (Å²) in [5.41, 5.74) is 8.69. The van der Waals surface area contributed by atoms with Gasteiger partial charge in [0.15, 0.2) is 11.6 Å². The summed E-state index contributed by atoms with van der Waals surface area (Å²) in [5, 5.41) is 0.206. The number of benzene rings is 2. The van der Waals surface area contributed by atoms with Crippen LogP contribution >= 0.6 is 23.2 Å². The van der Waals surface area contributed by atoms with Gasteiger partial charge in [0.1, 0.15) is 11.9 Å². The number of rotatable bonds is 7. The summed E-state index contributed by atoms with van der Waals surface area (Å²) < 4.78 is 20.1. The summed E-state index contributed by atoms with van der Waals surface area (Å²) in [6.45, 7) is 8.53. The second kappa shape index (κ2) is 12.9. The Morgan fingerprint density at radius 2 is 1.73 bits per heavy atom. The number of amides is 1. The molecular formula is C31H36Cl2FN5O2. The number of carbonyl (C=O) groups excluding carboxylic acids is 1. The number of ether oxygens (including phenoxy) is 1. The van der Waals surface area contributed by atoms with Gasteiger partial charge in [-0.05, 0) is 81.7 Å². The molecule has 41 heavy (non-hydrogen) atoms. The third-order valence-electron chi connectivity index (χ3n) is 8.15. The summed E-state index contributed by atoms with van der Waals surface area (Å²) in [6.07, 6.45) is 3.49. The lowest BCUT2D eigenvalue weighted by Crippen LogP contribution is -2.50. The monoisotopic (exact) mass is 599 g/mol. The molecule has 7 nitrogen and oxygen atoms in total. The molecule has 0 saturated carbocycles. The largest absolute Gasteiger partial charge is 0.482 e. The Morgan fingerprint density at radius 3 is 2.41 bits per heavy atom. The van der Waals surface area contributed by atoms with Crippen LogP contribution in [0.3, 0.4) is 0 Å². The highest BCUT2D eigenvalue weighted by molar-refractivity contribution is 6.36. The molecule has 2 fully saturated rings. The van der Waals surface area contributed by atoms with Crippen molar-refractivity contribution in [3.05, 3.63) is 75.7 Å². The highest BCUT2D eigenvalue weighted by Gasteiger charge is 2.25. The standard InChI is InChI=1S/C31H36Cl2FN5O2/c1-20(28-25(32)7-8-26(34)29(28)33)41-27-17-24(18-36-30(27)35)22-3-5-23(6-4-22)31(40)39-15-13-38(14-16-39)19-21-9-11-37(2)12-10-21/h3-8,17-18,20-21H,9-16,19H2,1-2H3,(H2,35,36). The summed E-state index contributed by atoms with van der Waals surface area (Å²) in [6, 6.07) is 11.9. The molecule has 3 aromatic rings. The predicted molar refractivity (Wildman–Crippen MR) is 162 cm³/mol. The Bertz CT molecular complexity index is 1370. The van der Waals surface area contributed by atoms with Gasteiger partial charge in [-0.2, -0.15) is 0 Å². The number of hydrogen-bond donors (Lipinski definition) is 1. The molecule has 5 rings (SSSR count). The first-order chi connectivity index (χ1) is 19.7. The number of nitrogens with zero attached hydrogens (tertiary/aromatic N) is 4. The number of nitrogen functional groups attached to an aromatic ring is 1. The smallest absolute Gasteiger partial charge is 0.253 e. The molecule has 2 aliphatic heterocycles. The molecule has 218 valence electrons. The van der Waals surface area contributed by atoms with Crippen molar-refractivity contribution in [2.75, 3.05) is 58.6 Å². The number of hydrogen-bond acceptors (Lipinski definition) is 6. The quantitative estimate of drug-likeness (QED) is 0.335.